The summed E-state index contributed by atoms with van der Waals surface area (Å²) in [5.41, 5.74) is 1.63. The first-order chi connectivity index (χ1) is 12.1. The molecule has 136 valence electrons. The van der Waals surface area contributed by atoms with Crippen molar-refractivity contribution in [3.8, 4) is 0 Å². The zero-order valence-corrected chi connectivity index (χ0v) is 15.3. The van der Waals surface area contributed by atoms with Gasteiger partial charge in [-0.1, -0.05) is 17.7 Å². The summed E-state index contributed by atoms with van der Waals surface area (Å²) < 4.78 is 22.1. The zero-order chi connectivity index (χ0) is 17.8. The number of imidazole rings is 1. The molecule has 1 fully saturated rings. The minimum absolute atomic E-state index is 0.124. The number of halogens is 2. The van der Waals surface area contributed by atoms with Crippen LogP contribution in [-0.2, 0) is 18.3 Å². The van der Waals surface area contributed by atoms with E-state index >= 15 is 0 Å². The summed E-state index contributed by atoms with van der Waals surface area (Å²) in [7, 11) is 1.96. The molecule has 3 rings (SSSR count). The van der Waals surface area contributed by atoms with Crippen LogP contribution in [-0.4, -0.2) is 46.8 Å². The summed E-state index contributed by atoms with van der Waals surface area (Å²) >= 11 is 6.34. The molecule has 2 aromatic rings. The van der Waals surface area contributed by atoms with Crippen LogP contribution < -0.4 is 5.32 Å². The number of aryl methyl sites for hydroxylation is 1. The van der Waals surface area contributed by atoms with E-state index < -0.39 is 0 Å². The van der Waals surface area contributed by atoms with Crippen LogP contribution in [0.1, 0.15) is 24.2 Å². The number of rotatable bonds is 6. The number of nitrogens with one attached hydrogen (secondary N) is 1. The van der Waals surface area contributed by atoms with Crippen molar-refractivity contribution in [3.63, 3.8) is 0 Å². The highest BCUT2D eigenvalue weighted by Gasteiger charge is 2.28. The van der Waals surface area contributed by atoms with Crippen molar-refractivity contribution < 1.29 is 9.13 Å². The van der Waals surface area contributed by atoms with E-state index in [9.17, 15) is 4.39 Å². The summed E-state index contributed by atoms with van der Waals surface area (Å²) in [6, 6.07) is 4.72. The Balaban J connectivity index is 1.78. The number of morpholine rings is 1. The molecule has 25 heavy (non-hydrogen) atoms. The average molecular weight is 367 g/mol. The van der Waals surface area contributed by atoms with E-state index in [0.29, 0.717) is 30.3 Å². The molecule has 2 atom stereocenters. The number of nitrogens with zero attached hydrogens (tertiary/aromatic N) is 3. The highest BCUT2D eigenvalue weighted by molar-refractivity contribution is 6.31. The van der Waals surface area contributed by atoms with Crippen LogP contribution in [0.25, 0.3) is 0 Å². The monoisotopic (exact) mass is 366 g/mol. The predicted molar refractivity (Wildman–Crippen MR) is 96.1 cm³/mol. The van der Waals surface area contributed by atoms with Gasteiger partial charge in [0.1, 0.15) is 5.82 Å². The van der Waals surface area contributed by atoms with E-state index in [-0.39, 0.29) is 18.0 Å². The SMILES string of the molecule is C[C@@H]1CN([C@@H](CNCc2cncn2C)c2c(F)cccc2Cl)CCO1. The molecule has 0 radical (unpaired) electrons. The van der Waals surface area contributed by atoms with Gasteiger partial charge in [-0.15, -0.1) is 0 Å². The maximum atomic E-state index is 14.5. The summed E-state index contributed by atoms with van der Waals surface area (Å²) in [4.78, 5) is 6.37. The fourth-order valence-corrected chi connectivity index (χ4v) is 3.55. The molecule has 0 aliphatic carbocycles. The molecule has 1 aliphatic heterocycles. The van der Waals surface area contributed by atoms with E-state index in [1.165, 1.54) is 6.07 Å². The minimum atomic E-state index is -0.265. The summed E-state index contributed by atoms with van der Waals surface area (Å²) in [6.45, 7) is 5.45. The van der Waals surface area contributed by atoms with Gasteiger partial charge in [0.2, 0.25) is 0 Å². The van der Waals surface area contributed by atoms with Crippen molar-refractivity contribution in [2.45, 2.75) is 25.6 Å². The highest BCUT2D eigenvalue weighted by Crippen LogP contribution is 2.31. The third-order valence-corrected chi connectivity index (χ3v) is 4.94. The molecular weight excluding hydrogens is 343 g/mol. The Morgan fingerprint density at radius 1 is 1.48 bits per heavy atom. The normalized spacial score (nSPS) is 19.9. The quantitative estimate of drug-likeness (QED) is 0.853. The average Bonchev–Trinajstić information content (AvgIpc) is 2.98. The van der Waals surface area contributed by atoms with Crippen molar-refractivity contribution in [1.29, 1.82) is 0 Å². The fourth-order valence-electron chi connectivity index (χ4n) is 3.26. The molecule has 2 heterocycles. The molecule has 1 N–H and O–H groups in total. The van der Waals surface area contributed by atoms with Crippen molar-refractivity contribution in [3.05, 3.63) is 52.8 Å². The van der Waals surface area contributed by atoms with Gasteiger partial charge < -0.3 is 14.6 Å². The lowest BCUT2D eigenvalue weighted by atomic mass is 10.0. The molecule has 5 nitrogen and oxygen atoms in total. The predicted octanol–water partition coefficient (Wildman–Crippen LogP) is 2.76. The van der Waals surface area contributed by atoms with Crippen LogP contribution in [0, 0.1) is 5.82 Å². The molecule has 0 spiro atoms. The van der Waals surface area contributed by atoms with Crippen LogP contribution in [0.5, 0.6) is 0 Å². The lowest BCUT2D eigenvalue weighted by Gasteiger charge is -2.38. The molecule has 0 amide bonds. The second-order valence-electron chi connectivity index (χ2n) is 6.45. The number of benzene rings is 1. The first-order valence-electron chi connectivity index (χ1n) is 8.51. The maximum Gasteiger partial charge on any atom is 0.129 e. The lowest BCUT2D eigenvalue weighted by Crippen LogP contribution is -2.46. The highest BCUT2D eigenvalue weighted by atomic mass is 35.5. The largest absolute Gasteiger partial charge is 0.376 e. The number of hydrogen-bond acceptors (Lipinski definition) is 4. The molecule has 7 heteroatoms. The van der Waals surface area contributed by atoms with Crippen molar-refractivity contribution in [2.75, 3.05) is 26.2 Å². The smallest absolute Gasteiger partial charge is 0.129 e. The Morgan fingerprint density at radius 3 is 3.00 bits per heavy atom. The van der Waals surface area contributed by atoms with Gasteiger partial charge in [0.15, 0.2) is 0 Å². The standard InChI is InChI=1S/C18H24ClFN4O/c1-13-11-24(6-7-25-13)17(18-15(19)4-3-5-16(18)20)10-21-8-14-9-22-12-23(14)2/h3-5,9,12-13,17,21H,6-8,10-11H2,1-2H3/t13-,17+/m1/s1. The van der Waals surface area contributed by atoms with Crippen molar-refractivity contribution >= 4 is 11.6 Å². The van der Waals surface area contributed by atoms with Crippen molar-refractivity contribution in [2.24, 2.45) is 7.05 Å². The van der Waals surface area contributed by atoms with Crippen molar-refractivity contribution in [1.82, 2.24) is 19.8 Å². The Bertz CT molecular complexity index is 688. The van der Waals surface area contributed by atoms with Gasteiger partial charge >= 0.3 is 0 Å². The summed E-state index contributed by atoms with van der Waals surface area (Å²) in [6.07, 6.45) is 3.72. The number of ether oxygens (including phenoxy) is 1. The minimum Gasteiger partial charge on any atom is -0.376 e. The summed E-state index contributed by atoms with van der Waals surface area (Å²) in [5, 5.41) is 3.89. The molecule has 1 aromatic carbocycles. The van der Waals surface area contributed by atoms with Crippen LogP contribution in [0.2, 0.25) is 5.02 Å². The molecular formula is C18H24ClFN4O. The van der Waals surface area contributed by atoms with E-state index in [4.69, 9.17) is 16.3 Å². The Labute approximate surface area is 152 Å². The number of aromatic nitrogens is 2. The molecule has 1 saturated heterocycles. The van der Waals surface area contributed by atoms with Crippen LogP contribution >= 0.6 is 11.6 Å². The van der Waals surface area contributed by atoms with Gasteiger partial charge in [0.05, 0.1) is 30.8 Å². The van der Waals surface area contributed by atoms with Gasteiger partial charge in [-0.05, 0) is 19.1 Å². The third-order valence-electron chi connectivity index (χ3n) is 4.61. The Kier molecular flexibility index (Phi) is 6.06. The topological polar surface area (TPSA) is 42.3 Å². The van der Waals surface area contributed by atoms with E-state index in [0.717, 1.165) is 18.8 Å². The first kappa shape index (κ1) is 18.3. The zero-order valence-electron chi connectivity index (χ0n) is 14.6. The molecule has 0 bridgehead atoms. The Hall–Kier alpha value is -1.47. The van der Waals surface area contributed by atoms with Gasteiger partial charge in [0, 0.05) is 50.0 Å². The van der Waals surface area contributed by atoms with Crippen LogP contribution in [0.15, 0.2) is 30.7 Å². The Morgan fingerprint density at radius 2 is 2.32 bits per heavy atom. The maximum absolute atomic E-state index is 14.5. The van der Waals surface area contributed by atoms with Gasteiger partial charge in [-0.2, -0.15) is 0 Å². The number of hydrogen-bond donors (Lipinski definition) is 1. The van der Waals surface area contributed by atoms with Crippen LogP contribution in [0.4, 0.5) is 4.39 Å². The third kappa shape index (κ3) is 4.39. The van der Waals surface area contributed by atoms with E-state index in [2.05, 4.69) is 15.2 Å². The molecule has 0 unspecified atom stereocenters. The van der Waals surface area contributed by atoms with E-state index in [1.807, 2.05) is 24.7 Å². The molecule has 1 aliphatic rings. The summed E-state index contributed by atoms with van der Waals surface area (Å²) in [5.74, 6) is -0.265. The lowest BCUT2D eigenvalue weighted by molar-refractivity contribution is -0.0349. The van der Waals surface area contributed by atoms with Gasteiger partial charge in [0.25, 0.3) is 0 Å². The molecule has 1 aromatic heterocycles. The fraction of sp³-hybridized carbons (Fsp3) is 0.500. The van der Waals surface area contributed by atoms with Crippen LogP contribution in [0.3, 0.4) is 0 Å². The van der Waals surface area contributed by atoms with E-state index in [1.54, 1.807) is 18.5 Å². The van der Waals surface area contributed by atoms with Gasteiger partial charge in [-0.3, -0.25) is 4.90 Å². The molecule has 0 saturated carbocycles. The second kappa shape index (κ2) is 8.27. The second-order valence-corrected chi connectivity index (χ2v) is 6.86. The van der Waals surface area contributed by atoms with Gasteiger partial charge in [-0.25, -0.2) is 9.37 Å². The first-order valence-corrected chi connectivity index (χ1v) is 8.89.